The minimum atomic E-state index is -5.89. The Hall–Kier alpha value is -2.84. The molecule has 2 aromatic rings. The molecular weight excluding hydrogens is 561 g/mol. The number of carbonyl (C=O) groups is 1. The van der Waals surface area contributed by atoms with Gasteiger partial charge in [0, 0.05) is 18.2 Å². The molecule has 0 bridgehead atoms. The van der Waals surface area contributed by atoms with E-state index in [1.54, 1.807) is 45.0 Å². The van der Waals surface area contributed by atoms with Crippen molar-refractivity contribution < 1.29 is 43.7 Å². The Morgan fingerprint density at radius 1 is 1.05 bits per heavy atom. The largest absolute Gasteiger partial charge is 0.534 e. The summed E-state index contributed by atoms with van der Waals surface area (Å²) in [7, 11) is -9.51. The second-order valence-electron chi connectivity index (χ2n) is 10.3. The average molecular weight is 593 g/mol. The third kappa shape index (κ3) is 8.32. The Labute approximate surface area is 226 Å². The van der Waals surface area contributed by atoms with Crippen molar-refractivity contribution in [3.05, 3.63) is 54.1 Å². The summed E-state index contributed by atoms with van der Waals surface area (Å²) in [5.41, 5.74) is -5.28. The number of rotatable bonds is 7. The van der Waals surface area contributed by atoms with Crippen molar-refractivity contribution in [1.29, 1.82) is 0 Å². The van der Waals surface area contributed by atoms with Crippen molar-refractivity contribution in [1.82, 2.24) is 9.62 Å². The van der Waals surface area contributed by atoms with E-state index in [-0.39, 0.29) is 12.0 Å². The Morgan fingerprint density at radius 3 is 2.33 bits per heavy atom. The first-order valence-electron chi connectivity index (χ1n) is 12.0. The van der Waals surface area contributed by atoms with Crippen LogP contribution in [0.25, 0.3) is 11.1 Å². The number of para-hydroxylation sites is 1. The molecule has 0 spiro atoms. The minimum absolute atomic E-state index is 0.102. The molecule has 2 unspecified atom stereocenters. The summed E-state index contributed by atoms with van der Waals surface area (Å²) in [6, 6.07) is 10.7. The molecular formula is C25H31F3N2O7S2. The number of sulfonamides is 1. The van der Waals surface area contributed by atoms with Crippen LogP contribution in [0, 0.1) is 0 Å². The number of amides is 1. The Kier molecular flexibility index (Phi) is 8.92. The molecule has 1 saturated heterocycles. The van der Waals surface area contributed by atoms with E-state index in [1.165, 1.54) is 23.1 Å². The maximum absolute atomic E-state index is 13.0. The molecule has 0 radical (unpaired) electrons. The Morgan fingerprint density at radius 2 is 1.72 bits per heavy atom. The predicted molar refractivity (Wildman–Crippen MR) is 139 cm³/mol. The summed E-state index contributed by atoms with van der Waals surface area (Å²) >= 11 is 0. The normalized spacial score (nSPS) is 19.0. The van der Waals surface area contributed by atoms with Crippen molar-refractivity contribution in [2.45, 2.75) is 63.2 Å². The SMILES string of the molecule is CC(C)(C)OC(=O)N1CCCC(NS(C)(=O)=O)C1Cc1cccc(-c2ccccc2OS(=O)(=O)C(F)(F)F)c1. The number of halogens is 3. The molecule has 0 aromatic heterocycles. The van der Waals surface area contributed by atoms with E-state index in [0.717, 1.165) is 12.3 Å². The molecule has 0 aliphatic carbocycles. The lowest BCUT2D eigenvalue weighted by molar-refractivity contribution is -0.0500. The summed E-state index contributed by atoms with van der Waals surface area (Å²) in [6.07, 6.45) is 1.64. The van der Waals surface area contributed by atoms with Gasteiger partial charge in [-0.05, 0) is 57.2 Å². The van der Waals surface area contributed by atoms with E-state index in [4.69, 9.17) is 4.74 Å². The van der Waals surface area contributed by atoms with Crippen LogP contribution in [0.1, 0.15) is 39.2 Å². The van der Waals surface area contributed by atoms with Gasteiger partial charge in [0.15, 0.2) is 5.75 Å². The topological polar surface area (TPSA) is 119 Å². The van der Waals surface area contributed by atoms with Gasteiger partial charge in [-0.25, -0.2) is 17.9 Å². The number of carbonyl (C=O) groups excluding carboxylic acids is 1. The van der Waals surface area contributed by atoms with Crippen LogP contribution >= 0.6 is 0 Å². The van der Waals surface area contributed by atoms with Crippen LogP contribution in [0.4, 0.5) is 18.0 Å². The number of likely N-dealkylation sites (tertiary alicyclic amines) is 1. The second kappa shape index (κ2) is 11.3. The quantitative estimate of drug-likeness (QED) is 0.373. The van der Waals surface area contributed by atoms with Gasteiger partial charge in [0.05, 0.1) is 12.3 Å². The van der Waals surface area contributed by atoms with Crippen LogP contribution in [0.5, 0.6) is 5.75 Å². The maximum Gasteiger partial charge on any atom is 0.534 e. The van der Waals surface area contributed by atoms with Gasteiger partial charge >= 0.3 is 21.7 Å². The number of piperidine rings is 1. The summed E-state index contributed by atoms with van der Waals surface area (Å²) in [5, 5.41) is 0. The standard InChI is InChI=1S/C25H31F3N2O7S2/c1-24(2,3)36-23(31)30-14-8-12-20(29-38(4,32)33)21(30)16-17-9-7-10-18(15-17)19-11-5-6-13-22(19)37-39(34,35)25(26,27)28/h5-7,9-11,13,15,20-21,29H,8,12,14,16H2,1-4H3. The average Bonchev–Trinajstić information content (AvgIpc) is 2.77. The Bertz CT molecular complexity index is 1410. The minimum Gasteiger partial charge on any atom is -0.444 e. The number of hydrogen-bond acceptors (Lipinski definition) is 7. The lowest BCUT2D eigenvalue weighted by Crippen LogP contribution is -2.58. The van der Waals surface area contributed by atoms with Gasteiger partial charge in [-0.15, -0.1) is 0 Å². The zero-order chi connectivity index (χ0) is 29.2. The molecule has 1 fully saturated rings. The van der Waals surface area contributed by atoms with Crippen LogP contribution < -0.4 is 8.91 Å². The highest BCUT2D eigenvalue weighted by Crippen LogP contribution is 2.35. The fourth-order valence-electron chi connectivity index (χ4n) is 4.32. The van der Waals surface area contributed by atoms with Gasteiger partial charge in [-0.2, -0.15) is 21.6 Å². The number of hydrogen-bond donors (Lipinski definition) is 1. The summed E-state index contributed by atoms with van der Waals surface area (Å²) in [6.45, 7) is 5.50. The highest BCUT2D eigenvalue weighted by atomic mass is 32.2. The molecule has 1 N–H and O–H groups in total. The van der Waals surface area contributed by atoms with Crippen LogP contribution in [-0.4, -0.2) is 63.8 Å². The van der Waals surface area contributed by atoms with Crippen LogP contribution in [0.2, 0.25) is 0 Å². The van der Waals surface area contributed by atoms with E-state index in [0.29, 0.717) is 30.5 Å². The highest BCUT2D eigenvalue weighted by molar-refractivity contribution is 7.88. The van der Waals surface area contributed by atoms with Crippen molar-refractivity contribution in [2.75, 3.05) is 12.8 Å². The zero-order valence-electron chi connectivity index (χ0n) is 21.9. The molecule has 1 heterocycles. The van der Waals surface area contributed by atoms with Crippen LogP contribution in [0.3, 0.4) is 0 Å². The first-order chi connectivity index (χ1) is 17.9. The van der Waals surface area contributed by atoms with Gasteiger partial charge in [-0.1, -0.05) is 42.5 Å². The first-order valence-corrected chi connectivity index (χ1v) is 15.3. The van der Waals surface area contributed by atoms with Gasteiger partial charge < -0.3 is 13.8 Å². The number of benzene rings is 2. The first kappa shape index (κ1) is 30.7. The van der Waals surface area contributed by atoms with Crippen LogP contribution in [0.15, 0.2) is 48.5 Å². The lowest BCUT2D eigenvalue weighted by Gasteiger charge is -2.41. The monoisotopic (exact) mass is 592 g/mol. The van der Waals surface area contributed by atoms with E-state index < -0.39 is 55.2 Å². The second-order valence-corrected chi connectivity index (χ2v) is 13.6. The van der Waals surface area contributed by atoms with Gasteiger partial charge in [-0.3, -0.25) is 0 Å². The van der Waals surface area contributed by atoms with E-state index >= 15 is 0 Å². The van der Waals surface area contributed by atoms with Crippen molar-refractivity contribution in [2.24, 2.45) is 0 Å². The van der Waals surface area contributed by atoms with Gasteiger partial charge in [0.2, 0.25) is 10.0 Å². The summed E-state index contributed by atoms with van der Waals surface area (Å²) in [5.74, 6) is -0.503. The summed E-state index contributed by atoms with van der Waals surface area (Å²) < 4.78 is 98.8. The molecule has 216 valence electrons. The maximum atomic E-state index is 13.0. The molecule has 14 heteroatoms. The third-order valence-electron chi connectivity index (χ3n) is 5.83. The smallest absolute Gasteiger partial charge is 0.444 e. The van der Waals surface area contributed by atoms with Crippen molar-refractivity contribution in [3.8, 4) is 16.9 Å². The number of nitrogens with zero attached hydrogens (tertiary/aromatic N) is 1. The predicted octanol–water partition coefficient (Wildman–Crippen LogP) is 4.44. The number of alkyl halides is 3. The molecule has 1 aliphatic rings. The molecule has 9 nitrogen and oxygen atoms in total. The molecule has 1 aliphatic heterocycles. The molecule has 0 saturated carbocycles. The van der Waals surface area contributed by atoms with E-state index in [9.17, 15) is 34.8 Å². The molecule has 3 rings (SSSR count). The molecule has 39 heavy (non-hydrogen) atoms. The van der Waals surface area contributed by atoms with E-state index in [2.05, 4.69) is 8.91 Å². The van der Waals surface area contributed by atoms with Crippen molar-refractivity contribution >= 4 is 26.2 Å². The van der Waals surface area contributed by atoms with Crippen LogP contribution in [-0.2, 0) is 31.3 Å². The van der Waals surface area contributed by atoms with Crippen molar-refractivity contribution in [3.63, 3.8) is 0 Å². The fraction of sp³-hybridized carbons (Fsp3) is 0.480. The Balaban J connectivity index is 1.97. The third-order valence-corrected chi connectivity index (χ3v) is 7.52. The lowest BCUT2D eigenvalue weighted by atomic mass is 9.90. The summed E-state index contributed by atoms with van der Waals surface area (Å²) in [4.78, 5) is 14.5. The number of nitrogens with one attached hydrogen (secondary N) is 1. The molecule has 2 atom stereocenters. The fourth-order valence-corrected chi connectivity index (χ4v) is 5.62. The molecule has 1 amide bonds. The van der Waals surface area contributed by atoms with E-state index in [1.807, 2.05) is 0 Å². The zero-order valence-corrected chi connectivity index (χ0v) is 23.5. The van der Waals surface area contributed by atoms with Gasteiger partial charge in [0.25, 0.3) is 0 Å². The number of ether oxygens (including phenoxy) is 1. The molecule has 2 aromatic carbocycles. The highest BCUT2D eigenvalue weighted by Gasteiger charge is 2.48. The van der Waals surface area contributed by atoms with Gasteiger partial charge in [0.1, 0.15) is 5.60 Å².